The van der Waals surface area contributed by atoms with Crippen molar-refractivity contribution in [3.05, 3.63) is 68.3 Å². The number of imidazole rings is 1. The summed E-state index contributed by atoms with van der Waals surface area (Å²) in [4.78, 5) is 5.00. The molecule has 2 aromatic heterocycles. The highest BCUT2D eigenvalue weighted by Crippen LogP contribution is 2.30. The van der Waals surface area contributed by atoms with Crippen LogP contribution in [0.5, 0.6) is 0 Å². The summed E-state index contributed by atoms with van der Waals surface area (Å²) >= 11 is 19.8. The number of halogens is 4. The third kappa shape index (κ3) is 4.65. The molecule has 126 valence electrons. The van der Waals surface area contributed by atoms with Gasteiger partial charge in [0.05, 0.1) is 43.5 Å². The molecule has 9 heteroatoms. The van der Waals surface area contributed by atoms with Crippen LogP contribution in [0.2, 0.25) is 14.4 Å². The average molecular weight is 422 g/mol. The fraction of sp³-hybridized carbons (Fsp3) is 0.0667. The van der Waals surface area contributed by atoms with Crippen molar-refractivity contribution >= 4 is 69.9 Å². The van der Waals surface area contributed by atoms with Crippen LogP contribution in [-0.2, 0) is 6.54 Å². The molecule has 0 spiro atoms. The summed E-state index contributed by atoms with van der Waals surface area (Å²) in [6, 6.07) is 9.06. The molecule has 0 radical (unpaired) electrons. The summed E-state index contributed by atoms with van der Waals surface area (Å²) in [5.41, 5.74) is 4.33. The van der Waals surface area contributed by atoms with Crippen LogP contribution in [0.4, 0.5) is 5.69 Å². The Bertz CT molecular complexity index is 810. The number of para-hydroxylation sites is 1. The molecule has 0 aliphatic carbocycles. The monoisotopic (exact) mass is 420 g/mol. The summed E-state index contributed by atoms with van der Waals surface area (Å²) in [6.45, 7) is 0.548. The van der Waals surface area contributed by atoms with Crippen LogP contribution in [0.25, 0.3) is 0 Å². The largest absolute Gasteiger partial charge is 0.331 e. The van der Waals surface area contributed by atoms with Gasteiger partial charge in [-0.2, -0.15) is 5.10 Å². The Morgan fingerprint density at radius 1 is 1.17 bits per heavy atom. The summed E-state index contributed by atoms with van der Waals surface area (Å²) < 4.78 is 2.62. The molecule has 3 rings (SSSR count). The smallest absolute Gasteiger partial charge is 0.0976 e. The number of nitrogens with zero attached hydrogens (tertiary/aromatic N) is 3. The maximum absolute atomic E-state index is 6.16. The Hall–Kier alpha value is -1.24. The van der Waals surface area contributed by atoms with E-state index < -0.39 is 0 Å². The fourth-order valence-electron chi connectivity index (χ4n) is 1.92. The molecule has 0 unspecified atom stereocenters. The maximum atomic E-state index is 6.16. The number of hydrogen-bond acceptors (Lipinski definition) is 4. The van der Waals surface area contributed by atoms with Crippen molar-refractivity contribution in [1.82, 2.24) is 9.55 Å². The van der Waals surface area contributed by atoms with Crippen LogP contribution in [0.3, 0.4) is 0 Å². The molecule has 4 nitrogen and oxygen atoms in total. The van der Waals surface area contributed by atoms with Crippen LogP contribution < -0.4 is 5.43 Å². The Morgan fingerprint density at radius 3 is 2.50 bits per heavy atom. The SMILES string of the molecule is Cl.Clc1ccc(/C(Cn2ccnc2)=N/Nc2c(Cl)cccc2Cl)s1. The predicted molar refractivity (Wildman–Crippen MR) is 105 cm³/mol. The molecule has 0 aliphatic rings. The van der Waals surface area contributed by atoms with Gasteiger partial charge in [-0.3, -0.25) is 5.43 Å². The van der Waals surface area contributed by atoms with Gasteiger partial charge in [-0.1, -0.05) is 40.9 Å². The third-order valence-electron chi connectivity index (χ3n) is 3.01. The molecule has 0 atom stereocenters. The molecule has 24 heavy (non-hydrogen) atoms. The van der Waals surface area contributed by atoms with Gasteiger partial charge in [0, 0.05) is 12.4 Å². The van der Waals surface area contributed by atoms with Crippen LogP contribution in [0.15, 0.2) is 54.2 Å². The first-order chi connectivity index (χ1) is 11.1. The van der Waals surface area contributed by atoms with Crippen molar-refractivity contribution in [2.24, 2.45) is 5.10 Å². The average Bonchev–Trinajstić information content (AvgIpc) is 3.17. The lowest BCUT2D eigenvalue weighted by molar-refractivity contribution is 0.849. The van der Waals surface area contributed by atoms with Gasteiger partial charge in [0.15, 0.2) is 0 Å². The van der Waals surface area contributed by atoms with E-state index in [0.717, 1.165) is 10.6 Å². The summed E-state index contributed by atoms with van der Waals surface area (Å²) in [5.74, 6) is 0. The Morgan fingerprint density at radius 2 is 1.92 bits per heavy atom. The molecule has 0 saturated carbocycles. The van der Waals surface area contributed by atoms with E-state index in [9.17, 15) is 0 Å². The van der Waals surface area contributed by atoms with Crippen molar-refractivity contribution in [1.29, 1.82) is 0 Å². The summed E-state index contributed by atoms with van der Waals surface area (Å²) in [7, 11) is 0. The van der Waals surface area contributed by atoms with Gasteiger partial charge >= 0.3 is 0 Å². The van der Waals surface area contributed by atoms with Crippen molar-refractivity contribution in [3.8, 4) is 0 Å². The number of hydrogen-bond donors (Lipinski definition) is 1. The lowest BCUT2D eigenvalue weighted by Gasteiger charge is -2.09. The van der Waals surface area contributed by atoms with Gasteiger partial charge in [0.25, 0.3) is 0 Å². The number of hydrazone groups is 1. The van der Waals surface area contributed by atoms with Crippen LogP contribution in [0, 0.1) is 0 Å². The zero-order valence-electron chi connectivity index (χ0n) is 12.1. The molecule has 0 fully saturated rings. The second-order valence-electron chi connectivity index (χ2n) is 4.61. The van der Waals surface area contributed by atoms with E-state index in [1.165, 1.54) is 11.3 Å². The zero-order chi connectivity index (χ0) is 16.2. The second-order valence-corrected chi connectivity index (χ2v) is 7.14. The fourth-order valence-corrected chi connectivity index (χ4v) is 3.42. The number of anilines is 1. The quantitative estimate of drug-likeness (QED) is 0.415. The normalized spacial score (nSPS) is 11.2. The van der Waals surface area contributed by atoms with Crippen LogP contribution in [-0.4, -0.2) is 15.3 Å². The van der Waals surface area contributed by atoms with Crippen molar-refractivity contribution in [2.45, 2.75) is 6.54 Å². The standard InChI is InChI=1S/C15H11Cl3N4S.ClH/c16-10-2-1-3-11(17)15(10)21-20-12(8-22-7-6-19-9-22)13-4-5-14(18)23-13;/h1-7,9,21H,8H2;1H/b20-12+;. The van der Waals surface area contributed by atoms with Crippen molar-refractivity contribution in [2.75, 3.05) is 5.43 Å². The van der Waals surface area contributed by atoms with E-state index in [2.05, 4.69) is 15.5 Å². The van der Waals surface area contributed by atoms with E-state index in [1.54, 1.807) is 30.7 Å². The van der Waals surface area contributed by atoms with Crippen LogP contribution in [0.1, 0.15) is 4.88 Å². The molecule has 0 bridgehead atoms. The lowest BCUT2D eigenvalue weighted by Crippen LogP contribution is -2.11. The second kappa shape index (κ2) is 8.74. The molecule has 0 amide bonds. The van der Waals surface area contributed by atoms with E-state index in [4.69, 9.17) is 34.8 Å². The topological polar surface area (TPSA) is 42.2 Å². The molecule has 1 aromatic carbocycles. The van der Waals surface area contributed by atoms with Gasteiger partial charge in [-0.15, -0.1) is 23.7 Å². The maximum Gasteiger partial charge on any atom is 0.0976 e. The first-order valence-corrected chi connectivity index (χ1v) is 8.56. The summed E-state index contributed by atoms with van der Waals surface area (Å²) in [5, 5.41) is 5.49. The Balaban J connectivity index is 0.00000208. The molecular weight excluding hydrogens is 410 g/mol. The number of benzene rings is 1. The highest BCUT2D eigenvalue weighted by atomic mass is 35.5. The summed E-state index contributed by atoms with van der Waals surface area (Å²) in [6.07, 6.45) is 5.32. The van der Waals surface area contributed by atoms with E-state index >= 15 is 0 Å². The van der Waals surface area contributed by atoms with Gasteiger partial charge in [0.2, 0.25) is 0 Å². The van der Waals surface area contributed by atoms with Crippen molar-refractivity contribution in [3.63, 3.8) is 0 Å². The van der Waals surface area contributed by atoms with Gasteiger partial charge in [-0.05, 0) is 24.3 Å². The third-order valence-corrected chi connectivity index (χ3v) is 4.92. The molecule has 2 heterocycles. The minimum Gasteiger partial charge on any atom is -0.331 e. The highest BCUT2D eigenvalue weighted by Gasteiger charge is 2.10. The Kier molecular flexibility index (Phi) is 6.95. The molecular formula is C15H12Cl4N4S. The first kappa shape index (κ1) is 19.1. The van der Waals surface area contributed by atoms with Gasteiger partial charge in [-0.25, -0.2) is 4.98 Å². The van der Waals surface area contributed by atoms with Crippen molar-refractivity contribution < 1.29 is 0 Å². The minimum atomic E-state index is 0. The van der Waals surface area contributed by atoms with Crippen LogP contribution >= 0.6 is 58.5 Å². The number of thiophene rings is 1. The van der Waals surface area contributed by atoms with Gasteiger partial charge < -0.3 is 4.57 Å². The zero-order valence-corrected chi connectivity index (χ0v) is 16.0. The van der Waals surface area contributed by atoms with E-state index in [0.29, 0.717) is 26.6 Å². The predicted octanol–water partition coefficient (Wildman–Crippen LogP) is 5.84. The molecule has 0 saturated heterocycles. The first-order valence-electron chi connectivity index (χ1n) is 6.61. The number of nitrogens with one attached hydrogen (secondary N) is 1. The minimum absolute atomic E-state index is 0. The Labute approximate surface area is 164 Å². The molecule has 3 aromatic rings. The van der Waals surface area contributed by atoms with E-state index in [1.807, 2.05) is 22.9 Å². The highest BCUT2D eigenvalue weighted by molar-refractivity contribution is 7.18. The lowest BCUT2D eigenvalue weighted by atomic mass is 10.3. The van der Waals surface area contributed by atoms with E-state index in [-0.39, 0.29) is 12.4 Å². The molecule has 1 N–H and O–H groups in total. The van der Waals surface area contributed by atoms with Gasteiger partial charge in [0.1, 0.15) is 0 Å². The molecule has 0 aliphatic heterocycles. The number of aromatic nitrogens is 2. The number of rotatable bonds is 5.